The lowest BCUT2D eigenvalue weighted by atomic mass is 10.9. The quantitative estimate of drug-likeness (QED) is 0.761. The topological polar surface area (TPSA) is 102 Å². The van der Waals surface area contributed by atoms with E-state index in [4.69, 9.17) is 0 Å². The minimum atomic E-state index is -4.27. The summed E-state index contributed by atoms with van der Waals surface area (Å²) in [7, 11) is -3.31. The van der Waals surface area contributed by atoms with E-state index in [0.29, 0.717) is 0 Å². The molecule has 0 aromatic rings. The van der Waals surface area contributed by atoms with E-state index in [1.807, 2.05) is 0 Å². The molecule has 0 aromatic heterocycles. The first kappa shape index (κ1) is 14.5. The molecule has 0 unspecified atom stereocenters. The summed E-state index contributed by atoms with van der Waals surface area (Å²) in [5.41, 5.74) is 0. The fourth-order valence-corrected chi connectivity index (χ4v) is 1.30. The van der Waals surface area contributed by atoms with E-state index in [-0.39, 0.29) is 17.5 Å². The molecule has 0 spiro atoms. The van der Waals surface area contributed by atoms with Gasteiger partial charge in [0.2, 0.25) is 0 Å². The van der Waals surface area contributed by atoms with Crippen molar-refractivity contribution in [2.45, 2.75) is 13.8 Å². The van der Waals surface area contributed by atoms with Gasteiger partial charge in [-0.25, -0.2) is 14.3 Å². The molecule has 0 fully saturated rings. The fourth-order valence-electron chi connectivity index (χ4n) is 0.647. The highest BCUT2D eigenvalue weighted by atomic mass is 32.2. The fraction of sp³-hybridized carbons (Fsp3) is 0.714. The zero-order valence-electron chi connectivity index (χ0n) is 9.22. The lowest BCUT2D eigenvalue weighted by Gasteiger charge is -2.16. The molecule has 0 heterocycles. The van der Waals surface area contributed by atoms with E-state index in [2.05, 4.69) is 9.47 Å². The van der Waals surface area contributed by atoms with E-state index in [9.17, 15) is 18.0 Å². The van der Waals surface area contributed by atoms with Crippen LogP contribution in [0, 0.1) is 0 Å². The molecule has 0 atom stereocenters. The molecule has 0 aliphatic heterocycles. The highest BCUT2D eigenvalue weighted by molar-refractivity contribution is 7.88. The Morgan fingerprint density at radius 2 is 1.69 bits per heavy atom. The molecule has 0 rings (SSSR count). The van der Waals surface area contributed by atoms with Gasteiger partial charge in [-0.15, -0.1) is 0 Å². The second kappa shape index (κ2) is 6.16. The predicted molar refractivity (Wildman–Crippen MR) is 53.9 cm³/mol. The van der Waals surface area contributed by atoms with Crippen molar-refractivity contribution in [2.24, 2.45) is 0 Å². The van der Waals surface area contributed by atoms with Crippen molar-refractivity contribution in [1.82, 2.24) is 9.03 Å². The van der Waals surface area contributed by atoms with Crippen LogP contribution in [0.1, 0.15) is 13.8 Å². The Labute approximate surface area is 93.7 Å². The number of hydrogen-bond donors (Lipinski definition) is 1. The molecule has 2 amide bonds. The van der Waals surface area contributed by atoms with Gasteiger partial charge in [0.15, 0.2) is 0 Å². The monoisotopic (exact) mass is 254 g/mol. The highest BCUT2D eigenvalue weighted by Crippen LogP contribution is 1.98. The molecular weight excluding hydrogens is 240 g/mol. The van der Waals surface area contributed by atoms with Crippen molar-refractivity contribution < 1.29 is 27.5 Å². The Morgan fingerprint density at radius 1 is 1.19 bits per heavy atom. The van der Waals surface area contributed by atoms with Crippen molar-refractivity contribution in [3.63, 3.8) is 0 Å². The van der Waals surface area contributed by atoms with E-state index in [1.54, 1.807) is 0 Å². The first-order valence-corrected chi connectivity index (χ1v) is 5.89. The van der Waals surface area contributed by atoms with Gasteiger partial charge >= 0.3 is 22.4 Å². The molecule has 1 N–H and O–H groups in total. The van der Waals surface area contributed by atoms with Crippen LogP contribution in [0.5, 0.6) is 0 Å². The van der Waals surface area contributed by atoms with Crippen LogP contribution in [0.2, 0.25) is 0 Å². The number of carbonyl (C=O) groups excluding carboxylic acids is 2. The Bertz CT molecular complexity index is 352. The minimum Gasteiger partial charge on any atom is -0.449 e. The Kier molecular flexibility index (Phi) is 5.57. The van der Waals surface area contributed by atoms with Crippen molar-refractivity contribution in [1.29, 1.82) is 0 Å². The summed E-state index contributed by atoms with van der Waals surface area (Å²) >= 11 is 0. The van der Waals surface area contributed by atoms with Crippen LogP contribution in [0.4, 0.5) is 9.59 Å². The molecule has 0 bridgehead atoms. The molecule has 16 heavy (non-hydrogen) atoms. The largest absolute Gasteiger partial charge is 0.449 e. The van der Waals surface area contributed by atoms with E-state index < -0.39 is 22.4 Å². The highest BCUT2D eigenvalue weighted by Gasteiger charge is 2.26. The standard InChI is InChI=1S/C7H14N2O6S/c1-4-14-6(10)8-16(12,13)9(3)7(11)15-5-2/h4-5H2,1-3H3,(H,8,10). The average molecular weight is 254 g/mol. The molecule has 0 saturated carbocycles. The van der Waals surface area contributed by atoms with Gasteiger partial charge in [-0.3, -0.25) is 0 Å². The first-order valence-electron chi connectivity index (χ1n) is 4.45. The molecule has 8 nitrogen and oxygen atoms in total. The Balaban J connectivity index is 4.54. The SMILES string of the molecule is CCOC(=O)NS(=O)(=O)N(C)C(=O)OCC. The van der Waals surface area contributed by atoms with Crippen molar-refractivity contribution in [3.8, 4) is 0 Å². The Hall–Kier alpha value is -1.51. The van der Waals surface area contributed by atoms with Crippen LogP contribution in [0.3, 0.4) is 0 Å². The van der Waals surface area contributed by atoms with Crippen LogP contribution in [-0.2, 0) is 19.7 Å². The molecule has 0 saturated heterocycles. The summed E-state index contributed by atoms with van der Waals surface area (Å²) in [6, 6.07) is 0. The maximum atomic E-state index is 11.3. The molecule has 0 aliphatic rings. The third-order valence-electron chi connectivity index (χ3n) is 1.37. The van der Waals surface area contributed by atoms with Crippen molar-refractivity contribution in [2.75, 3.05) is 20.3 Å². The zero-order valence-corrected chi connectivity index (χ0v) is 10.0. The van der Waals surface area contributed by atoms with Crippen LogP contribution in [0.15, 0.2) is 0 Å². The molecule has 0 aliphatic carbocycles. The van der Waals surface area contributed by atoms with Gasteiger partial charge in [0.05, 0.1) is 13.2 Å². The normalized spacial score (nSPS) is 10.4. The van der Waals surface area contributed by atoms with Gasteiger partial charge in [-0.05, 0) is 13.8 Å². The number of hydrogen-bond acceptors (Lipinski definition) is 6. The van der Waals surface area contributed by atoms with E-state index in [0.717, 1.165) is 7.05 Å². The van der Waals surface area contributed by atoms with Gasteiger partial charge < -0.3 is 9.47 Å². The minimum absolute atomic E-state index is 0.0183. The van der Waals surface area contributed by atoms with Gasteiger partial charge in [0.25, 0.3) is 0 Å². The Morgan fingerprint density at radius 3 is 2.12 bits per heavy atom. The third-order valence-corrected chi connectivity index (χ3v) is 2.67. The molecule has 94 valence electrons. The summed E-state index contributed by atoms with van der Waals surface area (Å²) in [6.07, 6.45) is -2.24. The number of nitrogens with one attached hydrogen (secondary N) is 1. The molecule has 9 heteroatoms. The number of ether oxygens (including phenoxy) is 2. The van der Waals surface area contributed by atoms with Crippen LogP contribution in [0.25, 0.3) is 0 Å². The van der Waals surface area contributed by atoms with Gasteiger partial charge in [-0.2, -0.15) is 12.7 Å². The predicted octanol–water partition coefficient (Wildman–Crippen LogP) is 0.0656. The van der Waals surface area contributed by atoms with Crippen LogP contribution >= 0.6 is 0 Å². The first-order chi connectivity index (χ1) is 7.35. The number of rotatable bonds is 4. The van der Waals surface area contributed by atoms with Crippen molar-refractivity contribution in [3.05, 3.63) is 0 Å². The lowest BCUT2D eigenvalue weighted by Crippen LogP contribution is -2.44. The second-order valence-electron chi connectivity index (χ2n) is 2.49. The molecular formula is C7H14N2O6S. The number of amides is 2. The third kappa shape index (κ3) is 4.34. The molecule has 0 radical (unpaired) electrons. The molecule has 0 aromatic carbocycles. The summed E-state index contributed by atoms with van der Waals surface area (Å²) in [5.74, 6) is 0. The lowest BCUT2D eigenvalue weighted by molar-refractivity contribution is 0.135. The summed E-state index contributed by atoms with van der Waals surface area (Å²) in [6.45, 7) is 3.08. The smallest absolute Gasteiger partial charge is 0.424 e. The summed E-state index contributed by atoms with van der Waals surface area (Å²) in [5, 5.41) is 0. The van der Waals surface area contributed by atoms with Crippen LogP contribution in [-0.4, -0.2) is 45.2 Å². The van der Waals surface area contributed by atoms with Gasteiger partial charge in [0, 0.05) is 7.05 Å². The van der Waals surface area contributed by atoms with Gasteiger partial charge in [0.1, 0.15) is 0 Å². The average Bonchev–Trinajstić information content (AvgIpc) is 2.16. The maximum absolute atomic E-state index is 11.3. The van der Waals surface area contributed by atoms with E-state index >= 15 is 0 Å². The second-order valence-corrected chi connectivity index (χ2v) is 4.20. The van der Waals surface area contributed by atoms with Crippen LogP contribution < -0.4 is 4.72 Å². The van der Waals surface area contributed by atoms with E-state index in [1.165, 1.54) is 18.6 Å². The number of carbonyl (C=O) groups is 2. The summed E-state index contributed by atoms with van der Waals surface area (Å²) < 4.78 is 33.3. The maximum Gasteiger partial charge on any atom is 0.424 e. The van der Waals surface area contributed by atoms with Gasteiger partial charge in [-0.1, -0.05) is 0 Å². The zero-order chi connectivity index (χ0) is 12.8. The van der Waals surface area contributed by atoms with Crippen molar-refractivity contribution >= 4 is 22.4 Å². The summed E-state index contributed by atoms with van der Waals surface area (Å²) in [4.78, 5) is 21.9. The number of nitrogens with zero attached hydrogens (tertiary/aromatic N) is 1.